The zero-order chi connectivity index (χ0) is 13.8. The second-order valence-electron chi connectivity index (χ2n) is 3.82. The van der Waals surface area contributed by atoms with Gasteiger partial charge in [0, 0.05) is 12.6 Å². The zero-order valence-corrected chi connectivity index (χ0v) is 10.2. The summed E-state index contributed by atoms with van der Waals surface area (Å²) >= 11 is 0. The number of nitrogens with zero attached hydrogens (tertiary/aromatic N) is 3. The van der Waals surface area contributed by atoms with E-state index in [2.05, 4.69) is 10.3 Å². The highest BCUT2D eigenvalue weighted by molar-refractivity contribution is 6.12. The van der Waals surface area contributed by atoms with E-state index < -0.39 is 0 Å². The highest BCUT2D eigenvalue weighted by Crippen LogP contribution is 2.20. The molecule has 0 aliphatic heterocycles. The average Bonchev–Trinajstić information content (AvgIpc) is 2.81. The molecule has 0 saturated heterocycles. The third-order valence-corrected chi connectivity index (χ3v) is 2.44. The van der Waals surface area contributed by atoms with Gasteiger partial charge in [-0.15, -0.1) is 0 Å². The van der Waals surface area contributed by atoms with Crippen LogP contribution >= 0.6 is 0 Å². The Labute approximate surface area is 109 Å². The van der Waals surface area contributed by atoms with Crippen LogP contribution in [0.4, 0.5) is 5.82 Å². The summed E-state index contributed by atoms with van der Waals surface area (Å²) in [5, 5.41) is 18.9. The van der Waals surface area contributed by atoms with Crippen molar-refractivity contribution < 1.29 is 4.79 Å². The number of para-hydroxylation sites is 1. The maximum absolute atomic E-state index is 11.3. The number of aromatic nitrogens is 2. The summed E-state index contributed by atoms with van der Waals surface area (Å²) < 4.78 is 1.63. The number of benzene rings is 1. The van der Waals surface area contributed by atoms with Gasteiger partial charge in [0.15, 0.2) is 5.71 Å². The lowest BCUT2D eigenvalue weighted by Gasteiger charge is -2.09. The number of nitriles is 1. The van der Waals surface area contributed by atoms with Crippen molar-refractivity contribution in [3.05, 3.63) is 42.4 Å². The molecule has 6 heteroatoms. The van der Waals surface area contributed by atoms with E-state index in [9.17, 15) is 4.79 Å². The molecule has 19 heavy (non-hydrogen) atoms. The summed E-state index contributed by atoms with van der Waals surface area (Å²) in [4.78, 5) is 15.3. The molecule has 0 bridgehead atoms. The van der Waals surface area contributed by atoms with Crippen molar-refractivity contribution in [2.75, 3.05) is 5.32 Å². The molecule has 0 aliphatic rings. The highest BCUT2D eigenvalue weighted by Gasteiger charge is 2.16. The molecule has 1 amide bonds. The van der Waals surface area contributed by atoms with E-state index >= 15 is 0 Å². The molecule has 2 N–H and O–H groups in total. The third kappa shape index (κ3) is 2.50. The first-order chi connectivity index (χ1) is 9.13. The van der Waals surface area contributed by atoms with Crippen LogP contribution in [0.1, 0.15) is 12.6 Å². The van der Waals surface area contributed by atoms with Gasteiger partial charge < -0.3 is 5.32 Å². The average molecular weight is 253 g/mol. The van der Waals surface area contributed by atoms with E-state index in [0.29, 0.717) is 5.82 Å². The molecule has 6 nitrogen and oxygen atoms in total. The molecule has 0 spiro atoms. The lowest BCUT2D eigenvalue weighted by Crippen LogP contribution is -2.13. The van der Waals surface area contributed by atoms with Gasteiger partial charge in [0.2, 0.25) is 5.91 Å². The first-order valence-corrected chi connectivity index (χ1v) is 5.53. The summed E-state index contributed by atoms with van der Waals surface area (Å²) in [5.74, 6) is 0.0370. The van der Waals surface area contributed by atoms with Crippen molar-refractivity contribution in [1.29, 1.82) is 10.7 Å². The second kappa shape index (κ2) is 5.14. The van der Waals surface area contributed by atoms with Crippen LogP contribution in [0.15, 0.2) is 36.7 Å². The minimum Gasteiger partial charge on any atom is -0.310 e. The quantitative estimate of drug-likeness (QED) is 0.815. The smallest absolute Gasteiger partial charge is 0.222 e. The number of amides is 1. The van der Waals surface area contributed by atoms with Crippen LogP contribution in [0.25, 0.3) is 5.69 Å². The number of carbonyl (C=O) groups excluding carboxylic acids is 1. The van der Waals surface area contributed by atoms with E-state index in [1.165, 1.54) is 13.3 Å². The summed E-state index contributed by atoms with van der Waals surface area (Å²) in [6.45, 7) is 1.36. The molecule has 2 rings (SSSR count). The molecule has 0 unspecified atom stereocenters. The van der Waals surface area contributed by atoms with Crippen LogP contribution in [0, 0.1) is 16.7 Å². The SMILES string of the molecule is CC(=O)Nc1c(C(=N)C#N)ncn1-c1ccccc1. The second-order valence-corrected chi connectivity index (χ2v) is 3.82. The fourth-order valence-electron chi connectivity index (χ4n) is 1.65. The van der Waals surface area contributed by atoms with Gasteiger partial charge in [0.25, 0.3) is 0 Å². The Balaban J connectivity index is 2.57. The van der Waals surface area contributed by atoms with Gasteiger partial charge in [-0.05, 0) is 12.1 Å². The molecule has 94 valence electrons. The minimum absolute atomic E-state index is 0.154. The van der Waals surface area contributed by atoms with Crippen LogP contribution in [0.5, 0.6) is 0 Å². The van der Waals surface area contributed by atoms with Crippen LogP contribution in [-0.4, -0.2) is 21.2 Å². The van der Waals surface area contributed by atoms with Gasteiger partial charge in [0.05, 0.1) is 0 Å². The first-order valence-electron chi connectivity index (χ1n) is 5.53. The normalized spacial score (nSPS) is 9.68. The summed E-state index contributed by atoms with van der Waals surface area (Å²) in [5.41, 5.74) is 0.649. The molecule has 0 radical (unpaired) electrons. The predicted octanol–water partition coefficient (Wildman–Crippen LogP) is 1.72. The van der Waals surface area contributed by atoms with Crippen molar-refractivity contribution in [2.24, 2.45) is 0 Å². The lowest BCUT2D eigenvalue weighted by atomic mass is 10.2. The van der Waals surface area contributed by atoms with Crippen LogP contribution in [-0.2, 0) is 4.79 Å². The summed E-state index contributed by atoms with van der Waals surface area (Å²) in [6.07, 6.45) is 1.47. The molecule has 0 saturated carbocycles. The number of rotatable bonds is 3. The molecule has 0 atom stereocenters. The number of carbonyl (C=O) groups is 1. The number of nitrogens with one attached hydrogen (secondary N) is 2. The van der Waals surface area contributed by atoms with Crippen molar-refractivity contribution in [3.63, 3.8) is 0 Å². The Kier molecular flexibility index (Phi) is 3.39. The standard InChI is InChI=1S/C13H11N5O/c1-9(19)17-13-12(11(15)7-14)16-8-18(13)10-5-3-2-4-6-10/h2-6,8,15H,1H3,(H,17,19). The van der Waals surface area contributed by atoms with E-state index in [1.807, 2.05) is 30.3 Å². The topological polar surface area (TPSA) is 94.6 Å². The Hall–Kier alpha value is -2.94. The Morgan fingerprint density at radius 3 is 2.68 bits per heavy atom. The number of hydrogen-bond acceptors (Lipinski definition) is 4. The van der Waals surface area contributed by atoms with Crippen LogP contribution in [0.3, 0.4) is 0 Å². The van der Waals surface area contributed by atoms with Crippen molar-refractivity contribution in [1.82, 2.24) is 9.55 Å². The summed E-state index contributed by atoms with van der Waals surface area (Å²) in [6, 6.07) is 11.0. The number of hydrogen-bond donors (Lipinski definition) is 2. The molecule has 1 aromatic carbocycles. The fraction of sp³-hybridized carbons (Fsp3) is 0.0769. The highest BCUT2D eigenvalue weighted by atomic mass is 16.1. The first kappa shape index (κ1) is 12.5. The van der Waals surface area contributed by atoms with Crippen LogP contribution < -0.4 is 5.32 Å². The van der Waals surface area contributed by atoms with Gasteiger partial charge in [-0.3, -0.25) is 14.8 Å². The minimum atomic E-state index is -0.293. The molecule has 0 aliphatic carbocycles. The number of imidazole rings is 1. The van der Waals surface area contributed by atoms with Crippen molar-refractivity contribution in [2.45, 2.75) is 6.92 Å². The van der Waals surface area contributed by atoms with Crippen molar-refractivity contribution in [3.8, 4) is 11.8 Å². The Morgan fingerprint density at radius 1 is 1.42 bits per heavy atom. The van der Waals surface area contributed by atoms with Crippen molar-refractivity contribution >= 4 is 17.4 Å². The van der Waals surface area contributed by atoms with Gasteiger partial charge in [0.1, 0.15) is 23.9 Å². The fourth-order valence-corrected chi connectivity index (χ4v) is 1.65. The summed E-state index contributed by atoms with van der Waals surface area (Å²) in [7, 11) is 0. The molecular formula is C13H11N5O. The van der Waals surface area contributed by atoms with E-state index in [0.717, 1.165) is 5.69 Å². The molecule has 1 aromatic heterocycles. The maximum Gasteiger partial charge on any atom is 0.222 e. The molecule has 2 aromatic rings. The van der Waals surface area contributed by atoms with Gasteiger partial charge in [-0.1, -0.05) is 18.2 Å². The monoisotopic (exact) mass is 253 g/mol. The van der Waals surface area contributed by atoms with E-state index in [4.69, 9.17) is 10.7 Å². The molecular weight excluding hydrogens is 242 g/mol. The maximum atomic E-state index is 11.3. The third-order valence-electron chi connectivity index (χ3n) is 2.44. The van der Waals surface area contributed by atoms with Gasteiger partial charge >= 0.3 is 0 Å². The van der Waals surface area contributed by atoms with E-state index in [-0.39, 0.29) is 17.3 Å². The lowest BCUT2D eigenvalue weighted by molar-refractivity contribution is -0.114. The predicted molar refractivity (Wildman–Crippen MR) is 70.3 cm³/mol. The van der Waals surface area contributed by atoms with E-state index in [1.54, 1.807) is 10.6 Å². The number of anilines is 1. The van der Waals surface area contributed by atoms with Gasteiger partial charge in [-0.25, -0.2) is 4.98 Å². The Morgan fingerprint density at radius 2 is 2.11 bits per heavy atom. The Bertz CT molecular complexity index is 666. The largest absolute Gasteiger partial charge is 0.310 e. The van der Waals surface area contributed by atoms with Gasteiger partial charge in [-0.2, -0.15) is 5.26 Å². The molecule has 1 heterocycles. The zero-order valence-electron chi connectivity index (χ0n) is 10.2. The van der Waals surface area contributed by atoms with Crippen LogP contribution in [0.2, 0.25) is 0 Å². The molecule has 0 fully saturated rings.